The first kappa shape index (κ1) is 21.6. The van der Waals surface area contributed by atoms with Crippen molar-refractivity contribution < 1.29 is 4.39 Å². The standard InChI is InChI=1S/C34H25FN2/c35-25-17-19-27(20-18-25)37-33-15-7-6-14-30(33)31-23-28(21-22-34(31)37)36(26-11-2-1-3-12-26)32-16-8-10-24-9-4-5-13-29(24)32/h1-3,5-8,10-23H,4,9H2. The SMILES string of the molecule is Fc1ccc(-n2c3ccccc3c3cc(N(c4ccccc4)c4cccc5c4C=CCC5)ccc32)cc1. The monoisotopic (exact) mass is 480 g/mol. The second kappa shape index (κ2) is 8.79. The van der Waals surface area contributed by atoms with Crippen LogP contribution in [0.5, 0.6) is 0 Å². The van der Waals surface area contributed by atoms with Crippen molar-refractivity contribution in [1.29, 1.82) is 0 Å². The molecule has 0 spiro atoms. The maximum Gasteiger partial charge on any atom is 0.123 e. The summed E-state index contributed by atoms with van der Waals surface area (Å²) in [5.41, 5.74) is 9.22. The van der Waals surface area contributed by atoms with Gasteiger partial charge in [0, 0.05) is 33.4 Å². The summed E-state index contributed by atoms with van der Waals surface area (Å²) < 4.78 is 15.9. The Morgan fingerprint density at radius 2 is 1.43 bits per heavy atom. The highest BCUT2D eigenvalue weighted by atomic mass is 19.1. The number of fused-ring (bicyclic) bond motifs is 4. The summed E-state index contributed by atoms with van der Waals surface area (Å²) in [5, 5.41) is 2.34. The van der Waals surface area contributed by atoms with Gasteiger partial charge in [0.1, 0.15) is 5.82 Å². The molecule has 0 aliphatic heterocycles. The van der Waals surface area contributed by atoms with Gasteiger partial charge in [0.15, 0.2) is 0 Å². The molecule has 7 rings (SSSR count). The maximum absolute atomic E-state index is 13.7. The molecular weight excluding hydrogens is 455 g/mol. The van der Waals surface area contributed by atoms with E-state index >= 15 is 0 Å². The summed E-state index contributed by atoms with van der Waals surface area (Å²) in [6.45, 7) is 0. The number of hydrogen-bond acceptors (Lipinski definition) is 1. The fraction of sp³-hybridized carbons (Fsp3) is 0.0588. The molecule has 0 saturated carbocycles. The van der Waals surface area contributed by atoms with Gasteiger partial charge >= 0.3 is 0 Å². The van der Waals surface area contributed by atoms with E-state index in [0.29, 0.717) is 0 Å². The molecule has 0 fully saturated rings. The normalized spacial score (nSPS) is 12.7. The van der Waals surface area contributed by atoms with Crippen molar-refractivity contribution in [3.63, 3.8) is 0 Å². The van der Waals surface area contributed by atoms with Crippen LogP contribution in [0.15, 0.2) is 121 Å². The Bertz CT molecular complexity index is 1780. The molecule has 3 heteroatoms. The fourth-order valence-electron chi connectivity index (χ4n) is 5.62. The lowest BCUT2D eigenvalue weighted by Crippen LogP contribution is -2.12. The van der Waals surface area contributed by atoms with Crippen LogP contribution >= 0.6 is 0 Å². The van der Waals surface area contributed by atoms with Crippen molar-refractivity contribution >= 4 is 44.9 Å². The molecule has 0 saturated heterocycles. The van der Waals surface area contributed by atoms with Crippen molar-refractivity contribution in [2.45, 2.75) is 12.8 Å². The van der Waals surface area contributed by atoms with Gasteiger partial charge in [0.25, 0.3) is 0 Å². The number of nitrogens with zero attached hydrogens (tertiary/aromatic N) is 2. The van der Waals surface area contributed by atoms with Crippen LogP contribution in [0.25, 0.3) is 33.6 Å². The summed E-state index contributed by atoms with van der Waals surface area (Å²) in [5.74, 6) is -0.231. The van der Waals surface area contributed by atoms with Crippen molar-refractivity contribution in [3.8, 4) is 5.69 Å². The number of allylic oxidation sites excluding steroid dienone is 1. The van der Waals surface area contributed by atoms with Gasteiger partial charge in [0.05, 0.1) is 16.7 Å². The number of rotatable bonds is 4. The largest absolute Gasteiger partial charge is 0.310 e. The third kappa shape index (κ3) is 3.63. The number of aromatic nitrogens is 1. The van der Waals surface area contributed by atoms with Gasteiger partial charge in [-0.25, -0.2) is 4.39 Å². The van der Waals surface area contributed by atoms with E-state index in [2.05, 4.69) is 113 Å². The van der Waals surface area contributed by atoms with Crippen LogP contribution in [-0.2, 0) is 6.42 Å². The highest BCUT2D eigenvalue weighted by molar-refractivity contribution is 6.10. The molecule has 0 amide bonds. The molecule has 0 unspecified atom stereocenters. The average molecular weight is 481 g/mol. The molecule has 178 valence electrons. The Kier molecular flexibility index (Phi) is 5.14. The van der Waals surface area contributed by atoms with Crippen LogP contribution in [-0.4, -0.2) is 4.57 Å². The van der Waals surface area contributed by atoms with Crippen LogP contribution in [0.2, 0.25) is 0 Å². The molecule has 0 bridgehead atoms. The molecule has 1 aliphatic carbocycles. The summed E-state index contributed by atoms with van der Waals surface area (Å²) in [7, 11) is 0. The zero-order chi connectivity index (χ0) is 24.8. The quantitative estimate of drug-likeness (QED) is 0.244. The minimum Gasteiger partial charge on any atom is -0.310 e. The van der Waals surface area contributed by atoms with E-state index in [-0.39, 0.29) is 5.82 Å². The summed E-state index contributed by atoms with van der Waals surface area (Å²) in [6, 6.07) is 39.0. The third-order valence-corrected chi connectivity index (χ3v) is 7.29. The van der Waals surface area contributed by atoms with Crippen molar-refractivity contribution in [1.82, 2.24) is 4.57 Å². The van der Waals surface area contributed by atoms with Crippen LogP contribution in [0.4, 0.5) is 21.5 Å². The lowest BCUT2D eigenvalue weighted by molar-refractivity contribution is 0.627. The highest BCUT2D eigenvalue weighted by Crippen LogP contribution is 2.42. The van der Waals surface area contributed by atoms with Crippen molar-refractivity contribution in [2.24, 2.45) is 0 Å². The Hall–Kier alpha value is -4.63. The summed E-state index contributed by atoms with van der Waals surface area (Å²) in [4.78, 5) is 2.36. The molecule has 37 heavy (non-hydrogen) atoms. The number of anilines is 3. The van der Waals surface area contributed by atoms with E-state index in [0.717, 1.165) is 40.9 Å². The van der Waals surface area contributed by atoms with Gasteiger partial charge in [-0.1, -0.05) is 60.7 Å². The van der Waals surface area contributed by atoms with Gasteiger partial charge in [-0.05, 0) is 85.1 Å². The number of hydrogen-bond donors (Lipinski definition) is 0. The van der Waals surface area contributed by atoms with E-state index in [4.69, 9.17) is 0 Å². The molecule has 0 N–H and O–H groups in total. The van der Waals surface area contributed by atoms with E-state index in [1.54, 1.807) is 0 Å². The molecular formula is C34H25FN2. The number of aryl methyl sites for hydroxylation is 1. The zero-order valence-electron chi connectivity index (χ0n) is 20.3. The first-order chi connectivity index (χ1) is 18.3. The predicted octanol–water partition coefficient (Wildman–Crippen LogP) is 9.35. The van der Waals surface area contributed by atoms with Gasteiger partial charge < -0.3 is 9.47 Å². The molecule has 5 aromatic carbocycles. The highest BCUT2D eigenvalue weighted by Gasteiger charge is 2.20. The van der Waals surface area contributed by atoms with Gasteiger partial charge in [-0.3, -0.25) is 0 Å². The molecule has 6 aromatic rings. The molecule has 2 nitrogen and oxygen atoms in total. The van der Waals surface area contributed by atoms with E-state index in [1.807, 2.05) is 12.1 Å². The zero-order valence-corrected chi connectivity index (χ0v) is 20.3. The molecule has 0 atom stereocenters. The second-order valence-electron chi connectivity index (χ2n) is 9.49. The van der Waals surface area contributed by atoms with Crippen molar-refractivity contribution in [3.05, 3.63) is 138 Å². The van der Waals surface area contributed by atoms with E-state index in [9.17, 15) is 4.39 Å². The number of para-hydroxylation sites is 2. The van der Waals surface area contributed by atoms with Crippen LogP contribution in [0, 0.1) is 5.82 Å². The summed E-state index contributed by atoms with van der Waals surface area (Å²) in [6.07, 6.45) is 6.68. The van der Waals surface area contributed by atoms with Gasteiger partial charge in [0.2, 0.25) is 0 Å². The van der Waals surface area contributed by atoms with Crippen LogP contribution in [0.3, 0.4) is 0 Å². The second-order valence-corrected chi connectivity index (χ2v) is 9.49. The smallest absolute Gasteiger partial charge is 0.123 e. The van der Waals surface area contributed by atoms with Crippen molar-refractivity contribution in [2.75, 3.05) is 4.90 Å². The molecule has 1 aliphatic rings. The summed E-state index contributed by atoms with van der Waals surface area (Å²) >= 11 is 0. The Labute approximate surface area is 215 Å². The van der Waals surface area contributed by atoms with Gasteiger partial charge in [-0.15, -0.1) is 0 Å². The maximum atomic E-state index is 13.7. The Balaban J connectivity index is 1.49. The minimum atomic E-state index is -0.231. The predicted molar refractivity (Wildman–Crippen MR) is 153 cm³/mol. The Morgan fingerprint density at radius 1 is 0.649 bits per heavy atom. The van der Waals surface area contributed by atoms with Crippen LogP contribution < -0.4 is 4.90 Å². The van der Waals surface area contributed by atoms with Crippen LogP contribution in [0.1, 0.15) is 17.5 Å². The lowest BCUT2D eigenvalue weighted by Gasteiger charge is -2.29. The lowest BCUT2D eigenvalue weighted by atomic mass is 9.95. The Morgan fingerprint density at radius 3 is 2.30 bits per heavy atom. The number of halogens is 1. The average Bonchev–Trinajstić information content (AvgIpc) is 3.28. The van der Waals surface area contributed by atoms with E-state index < -0.39 is 0 Å². The third-order valence-electron chi connectivity index (χ3n) is 7.29. The fourth-order valence-corrected chi connectivity index (χ4v) is 5.62. The molecule has 0 radical (unpaired) electrons. The molecule has 1 heterocycles. The topological polar surface area (TPSA) is 8.17 Å². The number of benzene rings is 5. The first-order valence-corrected chi connectivity index (χ1v) is 12.7. The molecule has 1 aromatic heterocycles. The minimum absolute atomic E-state index is 0.231. The van der Waals surface area contributed by atoms with E-state index in [1.165, 1.54) is 39.7 Å². The first-order valence-electron chi connectivity index (χ1n) is 12.7. The van der Waals surface area contributed by atoms with Gasteiger partial charge in [-0.2, -0.15) is 0 Å².